The third-order valence-corrected chi connectivity index (χ3v) is 5.77. The van der Waals surface area contributed by atoms with Gasteiger partial charge in [0.2, 0.25) is 0 Å². The lowest BCUT2D eigenvalue weighted by molar-refractivity contribution is -0.0236. The summed E-state index contributed by atoms with van der Waals surface area (Å²) in [6.45, 7) is 6.83. The van der Waals surface area contributed by atoms with Crippen LogP contribution in [0.2, 0.25) is 0 Å². The number of esters is 1. The molecule has 1 fully saturated rings. The van der Waals surface area contributed by atoms with Crippen molar-refractivity contribution in [1.29, 1.82) is 0 Å². The first kappa shape index (κ1) is 17.7. The molecule has 25 heavy (non-hydrogen) atoms. The van der Waals surface area contributed by atoms with Gasteiger partial charge in [-0.1, -0.05) is 75.7 Å². The van der Waals surface area contributed by atoms with Crippen molar-refractivity contribution in [3.8, 4) is 0 Å². The van der Waals surface area contributed by atoms with Gasteiger partial charge < -0.3 is 4.74 Å². The largest absolute Gasteiger partial charge is 0.458 e. The number of hydrogen-bond donors (Lipinski definition) is 0. The highest BCUT2D eigenvalue weighted by Gasteiger charge is 2.42. The number of benzene rings is 2. The fourth-order valence-electron chi connectivity index (χ4n) is 4.15. The van der Waals surface area contributed by atoms with Crippen LogP contribution in [0.25, 0.3) is 0 Å². The van der Waals surface area contributed by atoms with E-state index in [0.717, 1.165) is 12.8 Å². The molecule has 0 unspecified atom stereocenters. The summed E-state index contributed by atoms with van der Waals surface area (Å²) < 4.78 is 6.03. The molecular weight excluding hydrogens is 308 g/mol. The van der Waals surface area contributed by atoms with Crippen molar-refractivity contribution >= 4 is 5.97 Å². The second-order valence-corrected chi connectivity index (χ2v) is 7.92. The Morgan fingerprint density at radius 3 is 2.20 bits per heavy atom. The molecule has 0 bridgehead atoms. The molecule has 3 rings (SSSR count). The van der Waals surface area contributed by atoms with Crippen molar-refractivity contribution in [3.63, 3.8) is 0 Å². The van der Waals surface area contributed by atoms with E-state index in [1.54, 1.807) is 0 Å². The quantitative estimate of drug-likeness (QED) is 0.677. The van der Waals surface area contributed by atoms with Gasteiger partial charge >= 0.3 is 5.97 Å². The van der Waals surface area contributed by atoms with E-state index in [1.807, 2.05) is 30.3 Å². The SMILES string of the molecule is C[C@@H]1CC[C@@H](C(C)(C)c2ccccc2)[C@H](OC(=O)c2ccccc2)C1. The molecule has 2 heteroatoms. The Kier molecular flexibility index (Phi) is 5.27. The Morgan fingerprint density at radius 2 is 1.56 bits per heavy atom. The first-order valence-electron chi connectivity index (χ1n) is 9.30. The Balaban J connectivity index is 1.83. The fourth-order valence-corrected chi connectivity index (χ4v) is 4.15. The van der Waals surface area contributed by atoms with Gasteiger partial charge in [0, 0.05) is 5.92 Å². The maximum absolute atomic E-state index is 12.6. The smallest absolute Gasteiger partial charge is 0.338 e. The Hall–Kier alpha value is -2.09. The predicted molar refractivity (Wildman–Crippen MR) is 102 cm³/mol. The summed E-state index contributed by atoms with van der Waals surface area (Å²) in [6.07, 6.45) is 3.20. The lowest BCUT2D eigenvalue weighted by Crippen LogP contribution is -2.43. The molecule has 1 aliphatic rings. The number of carbonyl (C=O) groups excluding carboxylic acids is 1. The second-order valence-electron chi connectivity index (χ2n) is 7.92. The maximum atomic E-state index is 12.6. The standard InChI is InChI=1S/C23H28O2/c1-17-14-15-20(23(2,3)19-12-8-5-9-13-19)21(16-17)25-22(24)18-10-6-4-7-11-18/h4-13,17,20-21H,14-16H2,1-3H3/t17-,20-,21-/m1/s1. The van der Waals surface area contributed by atoms with E-state index in [1.165, 1.54) is 12.0 Å². The summed E-state index contributed by atoms with van der Waals surface area (Å²) >= 11 is 0. The zero-order valence-corrected chi connectivity index (χ0v) is 15.4. The van der Waals surface area contributed by atoms with E-state index >= 15 is 0 Å². The van der Waals surface area contributed by atoms with Crippen LogP contribution in [0.1, 0.15) is 56.0 Å². The summed E-state index contributed by atoms with van der Waals surface area (Å²) in [4.78, 5) is 12.6. The first-order chi connectivity index (χ1) is 12.0. The van der Waals surface area contributed by atoms with E-state index in [2.05, 4.69) is 51.1 Å². The molecule has 0 amide bonds. The van der Waals surface area contributed by atoms with Gasteiger partial charge in [-0.2, -0.15) is 0 Å². The molecule has 0 N–H and O–H groups in total. The third kappa shape index (κ3) is 3.95. The molecule has 0 heterocycles. The van der Waals surface area contributed by atoms with Gasteiger partial charge in [0.1, 0.15) is 6.10 Å². The van der Waals surface area contributed by atoms with Gasteiger partial charge in [0.15, 0.2) is 0 Å². The van der Waals surface area contributed by atoms with Crippen LogP contribution < -0.4 is 0 Å². The van der Waals surface area contributed by atoms with Gasteiger partial charge in [-0.05, 0) is 41.9 Å². The number of hydrogen-bond acceptors (Lipinski definition) is 2. The average Bonchev–Trinajstić information content (AvgIpc) is 2.63. The van der Waals surface area contributed by atoms with Crippen molar-refractivity contribution in [2.24, 2.45) is 11.8 Å². The highest BCUT2D eigenvalue weighted by Crippen LogP contribution is 2.43. The van der Waals surface area contributed by atoms with Gasteiger partial charge in [-0.3, -0.25) is 0 Å². The number of carbonyl (C=O) groups is 1. The van der Waals surface area contributed by atoms with Crippen LogP contribution in [-0.2, 0) is 10.2 Å². The molecule has 132 valence electrons. The molecule has 0 spiro atoms. The van der Waals surface area contributed by atoms with E-state index in [-0.39, 0.29) is 17.5 Å². The lowest BCUT2D eigenvalue weighted by Gasteiger charge is -2.44. The minimum Gasteiger partial charge on any atom is -0.458 e. The summed E-state index contributed by atoms with van der Waals surface area (Å²) in [5, 5.41) is 0. The van der Waals surface area contributed by atoms with Crippen LogP contribution in [0, 0.1) is 11.8 Å². The molecule has 2 nitrogen and oxygen atoms in total. The summed E-state index contributed by atoms with van der Waals surface area (Å²) in [6, 6.07) is 19.9. The van der Waals surface area contributed by atoms with Crippen LogP contribution in [-0.4, -0.2) is 12.1 Å². The van der Waals surface area contributed by atoms with Crippen molar-refractivity contribution in [3.05, 3.63) is 71.8 Å². The topological polar surface area (TPSA) is 26.3 Å². The second kappa shape index (κ2) is 7.43. The zero-order chi connectivity index (χ0) is 17.9. The Morgan fingerprint density at radius 1 is 0.960 bits per heavy atom. The molecular formula is C23H28O2. The Bertz CT molecular complexity index is 691. The monoisotopic (exact) mass is 336 g/mol. The van der Waals surface area contributed by atoms with Gasteiger partial charge in [-0.15, -0.1) is 0 Å². The minimum atomic E-state index is -0.200. The molecule has 2 aromatic rings. The van der Waals surface area contributed by atoms with E-state index < -0.39 is 0 Å². The highest BCUT2D eigenvalue weighted by atomic mass is 16.5. The van der Waals surface area contributed by atoms with Crippen molar-refractivity contribution < 1.29 is 9.53 Å². The van der Waals surface area contributed by atoms with Crippen LogP contribution in [0.5, 0.6) is 0 Å². The summed E-state index contributed by atoms with van der Waals surface area (Å²) in [7, 11) is 0. The summed E-state index contributed by atoms with van der Waals surface area (Å²) in [5.74, 6) is 0.726. The van der Waals surface area contributed by atoms with Crippen molar-refractivity contribution in [1.82, 2.24) is 0 Å². The van der Waals surface area contributed by atoms with E-state index in [4.69, 9.17) is 4.74 Å². The molecule has 0 saturated heterocycles. The Labute approximate surface area is 151 Å². The summed E-state index contributed by atoms with van der Waals surface area (Å²) in [5.41, 5.74) is 1.93. The number of rotatable bonds is 4. The van der Waals surface area contributed by atoms with Crippen LogP contribution in [0.4, 0.5) is 0 Å². The van der Waals surface area contributed by atoms with Gasteiger partial charge in [0.25, 0.3) is 0 Å². The van der Waals surface area contributed by atoms with Gasteiger partial charge in [-0.25, -0.2) is 4.79 Å². The molecule has 1 saturated carbocycles. The van der Waals surface area contributed by atoms with Crippen LogP contribution >= 0.6 is 0 Å². The van der Waals surface area contributed by atoms with Crippen molar-refractivity contribution in [2.45, 2.75) is 51.6 Å². The zero-order valence-electron chi connectivity index (χ0n) is 15.4. The molecule has 2 aromatic carbocycles. The van der Waals surface area contributed by atoms with Crippen LogP contribution in [0.3, 0.4) is 0 Å². The van der Waals surface area contributed by atoms with Crippen LogP contribution in [0.15, 0.2) is 60.7 Å². The van der Waals surface area contributed by atoms with Gasteiger partial charge in [0.05, 0.1) is 5.56 Å². The molecule has 3 atom stereocenters. The van der Waals surface area contributed by atoms with E-state index in [9.17, 15) is 4.79 Å². The van der Waals surface area contributed by atoms with Crippen molar-refractivity contribution in [2.75, 3.05) is 0 Å². The minimum absolute atomic E-state index is 0.0248. The predicted octanol–water partition coefficient (Wildman–Crippen LogP) is 5.63. The molecule has 0 aromatic heterocycles. The third-order valence-electron chi connectivity index (χ3n) is 5.77. The molecule has 1 aliphatic carbocycles. The average molecular weight is 336 g/mol. The highest BCUT2D eigenvalue weighted by molar-refractivity contribution is 5.89. The lowest BCUT2D eigenvalue weighted by atomic mass is 9.64. The maximum Gasteiger partial charge on any atom is 0.338 e. The number of ether oxygens (including phenoxy) is 1. The molecule has 0 aliphatic heterocycles. The normalized spacial score (nSPS) is 23.9. The molecule has 0 radical (unpaired) electrons. The first-order valence-corrected chi connectivity index (χ1v) is 9.30. The van der Waals surface area contributed by atoms with E-state index in [0.29, 0.717) is 17.4 Å². The fraction of sp³-hybridized carbons (Fsp3) is 0.435.